The largest absolute Gasteiger partial charge is 0.477 e. The van der Waals surface area contributed by atoms with E-state index in [2.05, 4.69) is 9.97 Å². The number of aromatic nitrogens is 2. The van der Waals surface area contributed by atoms with Crippen LogP contribution in [0, 0.1) is 0 Å². The van der Waals surface area contributed by atoms with Crippen LogP contribution in [0.1, 0.15) is 35.1 Å². The Morgan fingerprint density at radius 1 is 1.29 bits per heavy atom. The summed E-state index contributed by atoms with van der Waals surface area (Å²) in [5.74, 6) is -0.826. The van der Waals surface area contributed by atoms with Crippen LogP contribution in [0.25, 0.3) is 21.5 Å². The smallest absolute Gasteiger partial charge is 0.347 e. The summed E-state index contributed by atoms with van der Waals surface area (Å²) in [5.41, 5.74) is 2.49. The number of carbonyl (C=O) groups is 1. The van der Waals surface area contributed by atoms with Gasteiger partial charge in [-0.25, -0.2) is 9.78 Å². The molecule has 0 saturated carbocycles. The van der Waals surface area contributed by atoms with Gasteiger partial charge in [0.1, 0.15) is 9.88 Å². The number of benzene rings is 1. The van der Waals surface area contributed by atoms with Crippen LogP contribution < -0.4 is 0 Å². The van der Waals surface area contributed by atoms with E-state index in [0.29, 0.717) is 10.6 Å². The number of nitrogens with zero attached hydrogens (tertiary/aromatic N) is 2. The van der Waals surface area contributed by atoms with Crippen LogP contribution in [-0.2, 0) is 0 Å². The van der Waals surface area contributed by atoms with E-state index >= 15 is 0 Å². The Balaban J connectivity index is 2.14. The Bertz CT molecular complexity index is 824. The van der Waals surface area contributed by atoms with Crippen LogP contribution in [0.2, 0.25) is 0 Å². The highest BCUT2D eigenvalue weighted by Gasteiger charge is 2.20. The van der Waals surface area contributed by atoms with Gasteiger partial charge in [-0.1, -0.05) is 19.9 Å². The van der Waals surface area contributed by atoms with Crippen molar-refractivity contribution in [1.82, 2.24) is 9.97 Å². The molecular formula is C16H14N2O2S. The van der Waals surface area contributed by atoms with Crippen LogP contribution in [-0.4, -0.2) is 21.0 Å². The van der Waals surface area contributed by atoms with Gasteiger partial charge in [0.15, 0.2) is 0 Å². The summed E-state index contributed by atoms with van der Waals surface area (Å²) >= 11 is 1.23. The van der Waals surface area contributed by atoms with E-state index in [1.54, 1.807) is 6.20 Å². The van der Waals surface area contributed by atoms with Crippen LogP contribution in [0.3, 0.4) is 0 Å². The minimum atomic E-state index is -0.912. The molecule has 0 unspecified atom stereocenters. The van der Waals surface area contributed by atoms with Crippen molar-refractivity contribution < 1.29 is 9.90 Å². The van der Waals surface area contributed by atoms with Crippen molar-refractivity contribution in [2.24, 2.45) is 0 Å². The third kappa shape index (κ3) is 2.52. The van der Waals surface area contributed by atoms with Gasteiger partial charge in [0, 0.05) is 17.1 Å². The summed E-state index contributed by atoms with van der Waals surface area (Å²) in [7, 11) is 0. The van der Waals surface area contributed by atoms with Gasteiger partial charge in [-0.3, -0.25) is 4.98 Å². The van der Waals surface area contributed by atoms with Crippen LogP contribution in [0.15, 0.2) is 36.5 Å². The Kier molecular flexibility index (Phi) is 3.43. The van der Waals surface area contributed by atoms with Crippen molar-refractivity contribution in [3.05, 3.63) is 47.1 Å². The SMILES string of the molecule is CC(C)c1nc(-c2ccc3ncccc3c2)sc1C(=O)O. The topological polar surface area (TPSA) is 63.1 Å². The molecule has 4 nitrogen and oxygen atoms in total. The second kappa shape index (κ2) is 5.26. The van der Waals surface area contributed by atoms with Crippen molar-refractivity contribution in [3.63, 3.8) is 0 Å². The lowest BCUT2D eigenvalue weighted by Gasteiger charge is -2.01. The number of rotatable bonds is 3. The van der Waals surface area contributed by atoms with E-state index in [1.165, 1.54) is 11.3 Å². The fraction of sp³-hybridized carbons (Fsp3) is 0.188. The summed E-state index contributed by atoms with van der Waals surface area (Å²) in [6.45, 7) is 3.91. The summed E-state index contributed by atoms with van der Waals surface area (Å²) in [4.78, 5) is 20.5. The zero-order chi connectivity index (χ0) is 15.0. The Hall–Kier alpha value is -2.27. The standard InChI is InChI=1S/C16H14N2O2S/c1-9(2)13-14(16(19)20)21-15(18-13)11-5-6-12-10(8-11)4-3-7-17-12/h3-9H,1-2H3,(H,19,20). The lowest BCUT2D eigenvalue weighted by atomic mass is 10.1. The molecule has 0 fully saturated rings. The number of hydrogen-bond acceptors (Lipinski definition) is 4. The molecule has 1 N–H and O–H groups in total. The zero-order valence-electron chi connectivity index (χ0n) is 11.7. The highest BCUT2D eigenvalue weighted by molar-refractivity contribution is 7.17. The molecule has 0 saturated heterocycles. The van der Waals surface area contributed by atoms with Gasteiger partial charge in [0.05, 0.1) is 11.2 Å². The number of fused-ring (bicyclic) bond motifs is 1. The summed E-state index contributed by atoms with van der Waals surface area (Å²) in [6, 6.07) is 9.74. The third-order valence-electron chi connectivity index (χ3n) is 3.24. The summed E-state index contributed by atoms with van der Waals surface area (Å²) < 4.78 is 0. The van der Waals surface area contributed by atoms with Crippen molar-refractivity contribution >= 4 is 28.2 Å². The summed E-state index contributed by atoms with van der Waals surface area (Å²) in [5, 5.41) is 11.1. The number of pyridine rings is 1. The van der Waals surface area contributed by atoms with Gasteiger partial charge in [-0.05, 0) is 30.2 Å². The third-order valence-corrected chi connectivity index (χ3v) is 4.35. The minimum Gasteiger partial charge on any atom is -0.477 e. The molecule has 0 aliphatic carbocycles. The second-order valence-corrected chi connectivity index (χ2v) is 6.10. The molecule has 3 rings (SSSR count). The van der Waals surface area contributed by atoms with E-state index in [0.717, 1.165) is 21.5 Å². The average Bonchev–Trinajstić information content (AvgIpc) is 2.92. The molecule has 0 spiro atoms. The maximum absolute atomic E-state index is 11.3. The van der Waals surface area contributed by atoms with Gasteiger partial charge in [-0.2, -0.15) is 0 Å². The summed E-state index contributed by atoms with van der Waals surface area (Å²) in [6.07, 6.45) is 1.75. The number of carboxylic acids is 1. The van der Waals surface area contributed by atoms with Gasteiger partial charge >= 0.3 is 5.97 Å². The normalized spacial score (nSPS) is 11.2. The molecule has 0 bridgehead atoms. The molecule has 1 aromatic carbocycles. The van der Waals surface area contributed by atoms with Crippen molar-refractivity contribution in [1.29, 1.82) is 0 Å². The van der Waals surface area contributed by atoms with Gasteiger partial charge in [0.25, 0.3) is 0 Å². The Labute approximate surface area is 126 Å². The molecule has 2 heterocycles. The molecule has 0 atom stereocenters. The van der Waals surface area contributed by atoms with Crippen LogP contribution in [0.5, 0.6) is 0 Å². The van der Waals surface area contributed by atoms with E-state index < -0.39 is 5.97 Å². The molecule has 0 radical (unpaired) electrons. The quantitative estimate of drug-likeness (QED) is 0.788. The first-order valence-corrected chi connectivity index (χ1v) is 7.47. The molecule has 0 aliphatic rings. The number of hydrogen-bond donors (Lipinski definition) is 1. The fourth-order valence-electron chi connectivity index (χ4n) is 2.21. The maximum atomic E-state index is 11.3. The van der Waals surface area contributed by atoms with Crippen LogP contribution in [0.4, 0.5) is 0 Å². The molecule has 106 valence electrons. The van der Waals surface area contributed by atoms with E-state index in [-0.39, 0.29) is 5.92 Å². The maximum Gasteiger partial charge on any atom is 0.347 e. The minimum absolute atomic E-state index is 0.0863. The van der Waals surface area contributed by atoms with Crippen molar-refractivity contribution in [2.75, 3.05) is 0 Å². The second-order valence-electron chi connectivity index (χ2n) is 5.10. The van der Waals surface area contributed by atoms with Gasteiger partial charge in [0.2, 0.25) is 0 Å². The first kappa shape index (κ1) is 13.7. The predicted octanol–water partition coefficient (Wildman–Crippen LogP) is 4.18. The Morgan fingerprint density at radius 2 is 2.10 bits per heavy atom. The number of aromatic carboxylic acids is 1. The molecule has 21 heavy (non-hydrogen) atoms. The lowest BCUT2D eigenvalue weighted by molar-refractivity contribution is 0.0700. The van der Waals surface area contributed by atoms with Gasteiger partial charge < -0.3 is 5.11 Å². The molecule has 5 heteroatoms. The van der Waals surface area contributed by atoms with Crippen LogP contribution >= 0.6 is 11.3 Å². The molecular weight excluding hydrogens is 284 g/mol. The number of carboxylic acid groups (broad SMARTS) is 1. The average molecular weight is 298 g/mol. The van der Waals surface area contributed by atoms with E-state index in [9.17, 15) is 9.90 Å². The lowest BCUT2D eigenvalue weighted by Crippen LogP contribution is -2.00. The fourth-order valence-corrected chi connectivity index (χ4v) is 3.26. The van der Waals surface area contributed by atoms with Crippen molar-refractivity contribution in [3.8, 4) is 10.6 Å². The monoisotopic (exact) mass is 298 g/mol. The molecule has 0 amide bonds. The van der Waals surface area contributed by atoms with Crippen molar-refractivity contribution in [2.45, 2.75) is 19.8 Å². The van der Waals surface area contributed by atoms with E-state index in [1.807, 2.05) is 44.2 Å². The zero-order valence-corrected chi connectivity index (χ0v) is 12.5. The Morgan fingerprint density at radius 3 is 2.76 bits per heavy atom. The van der Waals surface area contributed by atoms with E-state index in [4.69, 9.17) is 0 Å². The first-order valence-electron chi connectivity index (χ1n) is 6.65. The first-order chi connectivity index (χ1) is 10.1. The highest BCUT2D eigenvalue weighted by atomic mass is 32.1. The number of thiazole rings is 1. The predicted molar refractivity (Wildman–Crippen MR) is 83.9 cm³/mol. The molecule has 3 aromatic rings. The van der Waals surface area contributed by atoms with Gasteiger partial charge in [-0.15, -0.1) is 11.3 Å². The molecule has 0 aliphatic heterocycles. The highest BCUT2D eigenvalue weighted by Crippen LogP contribution is 2.32. The molecule has 2 aromatic heterocycles.